The average Bonchev–Trinajstić information content (AvgIpc) is 3.66. The molecule has 1 saturated heterocycles. The molecule has 3 aliphatic rings. The van der Waals surface area contributed by atoms with Crippen LogP contribution in [0.2, 0.25) is 0 Å². The number of carbonyl (C=O) groups excluding carboxylic acids is 1. The average molecular weight is 687 g/mol. The van der Waals surface area contributed by atoms with E-state index in [9.17, 15) is 9.90 Å². The number of carbonyl (C=O) groups is 1. The molecule has 0 saturated carbocycles. The van der Waals surface area contributed by atoms with Crippen molar-refractivity contribution in [1.29, 1.82) is 0 Å². The summed E-state index contributed by atoms with van der Waals surface area (Å²) in [6, 6.07) is 37.4. The van der Waals surface area contributed by atoms with E-state index in [2.05, 4.69) is 107 Å². The quantitative estimate of drug-likeness (QED) is 0.203. The van der Waals surface area contributed by atoms with E-state index in [-0.39, 0.29) is 23.9 Å². The summed E-state index contributed by atoms with van der Waals surface area (Å²) in [5.74, 6) is 1.87. The highest BCUT2D eigenvalue weighted by Gasteiger charge is 2.45. The Morgan fingerprint density at radius 3 is 1.92 bits per heavy atom. The summed E-state index contributed by atoms with van der Waals surface area (Å²) >= 11 is 3.62. The van der Waals surface area contributed by atoms with Crippen LogP contribution in [0, 0.1) is 27.7 Å². The summed E-state index contributed by atoms with van der Waals surface area (Å²) in [5, 5.41) is 12.4. The van der Waals surface area contributed by atoms with E-state index in [0.29, 0.717) is 13.2 Å². The van der Waals surface area contributed by atoms with Crippen LogP contribution in [0.1, 0.15) is 78.6 Å². The van der Waals surface area contributed by atoms with Gasteiger partial charge in [0.2, 0.25) is 0 Å². The molecule has 3 unspecified atom stereocenters. The van der Waals surface area contributed by atoms with E-state index in [1.54, 1.807) is 11.8 Å². The fraction of sp³-hybridized carbons (Fsp3) is 0.279. The first-order valence-electron chi connectivity index (χ1n) is 16.9. The van der Waals surface area contributed by atoms with Crippen molar-refractivity contribution in [2.75, 3.05) is 24.7 Å². The molecular weight excluding hydrogens is 645 g/mol. The normalized spacial score (nSPS) is 21.8. The number of hydrogen-bond donors (Lipinski definition) is 1. The van der Waals surface area contributed by atoms with Crippen LogP contribution in [0.4, 0.5) is 0 Å². The van der Waals surface area contributed by atoms with Gasteiger partial charge in [-0.25, -0.2) is 0 Å². The van der Waals surface area contributed by atoms with Gasteiger partial charge >= 0.3 is 0 Å². The van der Waals surface area contributed by atoms with Crippen molar-refractivity contribution < 1.29 is 19.4 Å². The summed E-state index contributed by atoms with van der Waals surface area (Å²) in [5.41, 5.74) is 9.73. The Bertz CT molecular complexity index is 1960. The Kier molecular flexibility index (Phi) is 9.87. The maximum absolute atomic E-state index is 12.6. The number of Topliss-reactive ketones (excluding diaryl/α,β-unsaturated/α-hetero) is 1. The van der Waals surface area contributed by atoms with Crippen molar-refractivity contribution >= 4 is 29.3 Å². The Hall–Kier alpha value is -3.65. The monoisotopic (exact) mass is 686 g/mol. The number of aliphatic hydroxyl groups is 1. The minimum atomic E-state index is -1.13. The van der Waals surface area contributed by atoms with Gasteiger partial charge in [-0.1, -0.05) is 96.1 Å². The van der Waals surface area contributed by atoms with Gasteiger partial charge in [-0.05, 0) is 79.8 Å². The molecule has 6 heteroatoms. The van der Waals surface area contributed by atoms with Crippen LogP contribution in [-0.4, -0.2) is 35.6 Å². The molecule has 3 atom stereocenters. The van der Waals surface area contributed by atoms with Gasteiger partial charge < -0.3 is 14.6 Å². The first kappa shape index (κ1) is 33.8. The number of thioether (sulfide) groups is 2. The molecule has 1 fully saturated rings. The summed E-state index contributed by atoms with van der Waals surface area (Å²) in [6.45, 7) is 9.53. The van der Waals surface area contributed by atoms with Gasteiger partial charge in [0.15, 0.2) is 12.1 Å². The van der Waals surface area contributed by atoms with Gasteiger partial charge in [-0.15, -0.1) is 23.5 Å². The van der Waals surface area contributed by atoms with E-state index in [4.69, 9.17) is 9.47 Å². The second-order valence-electron chi connectivity index (χ2n) is 13.4. The summed E-state index contributed by atoms with van der Waals surface area (Å²) in [7, 11) is 0. The highest BCUT2D eigenvalue weighted by atomic mass is 32.2. The maximum atomic E-state index is 12.6. The van der Waals surface area contributed by atoms with Crippen LogP contribution < -0.4 is 0 Å². The number of fused-ring (bicyclic) bond motifs is 2. The second-order valence-corrected chi connectivity index (χ2v) is 15.5. The van der Waals surface area contributed by atoms with Crippen LogP contribution in [0.15, 0.2) is 119 Å². The number of hydrogen-bond acceptors (Lipinski definition) is 6. The molecule has 0 amide bonds. The third-order valence-electron chi connectivity index (χ3n) is 9.76. The van der Waals surface area contributed by atoms with Crippen molar-refractivity contribution in [3.8, 4) is 0 Å². The zero-order chi connectivity index (χ0) is 34.1. The van der Waals surface area contributed by atoms with Crippen LogP contribution in [0.25, 0.3) is 0 Å². The fourth-order valence-electron chi connectivity index (χ4n) is 6.95. The Labute approximate surface area is 298 Å². The van der Waals surface area contributed by atoms with Gasteiger partial charge in [0.25, 0.3) is 0 Å². The molecule has 49 heavy (non-hydrogen) atoms. The molecule has 5 aromatic carbocycles. The lowest BCUT2D eigenvalue weighted by Crippen LogP contribution is -2.39. The molecule has 250 valence electrons. The number of aryl methyl sites for hydroxylation is 4. The van der Waals surface area contributed by atoms with Crippen molar-refractivity contribution in [2.24, 2.45) is 0 Å². The maximum Gasteiger partial charge on any atom is 0.184 e. The molecule has 0 aliphatic carbocycles. The molecule has 3 heterocycles. The highest BCUT2D eigenvalue weighted by Crippen LogP contribution is 2.52. The van der Waals surface area contributed by atoms with E-state index in [1.165, 1.54) is 22.3 Å². The Balaban J connectivity index is 0.000000171. The standard InChI is InChI=1S/C26H26O3S.C17H16OS/c1-17-6-9-19(10-7-17)23-16-30-24-14-18(2)8-11-22(24)26(23,27)21-5-3-4-20(15-21)25-28-12-13-29-25;1-11-3-6-13(7-4-11)15-10-19-16-9-12(2)5-8-14(16)17(15)18/h3-11,14-15,23,25,27H,12-13,16H2,1-2H3;3-9,15H,10H2,1-2H3. The molecule has 5 aromatic rings. The molecular formula is C43H42O4S2. The van der Waals surface area contributed by atoms with Gasteiger partial charge in [0, 0.05) is 43.9 Å². The van der Waals surface area contributed by atoms with Crippen LogP contribution >= 0.6 is 23.5 Å². The minimum absolute atomic E-state index is 0.000746. The topological polar surface area (TPSA) is 55.8 Å². The zero-order valence-electron chi connectivity index (χ0n) is 28.4. The smallest absolute Gasteiger partial charge is 0.184 e. The SMILES string of the molecule is Cc1ccc(C2CSc3cc(C)ccc3C2(O)c2cccc(C3OCCO3)c2)cc1.Cc1ccc(C2CSc3cc(C)ccc3C2=O)cc1. The third-order valence-corrected chi connectivity index (χ3v) is 12.1. The van der Waals surface area contributed by atoms with E-state index in [0.717, 1.165) is 54.7 Å². The molecule has 0 bridgehead atoms. The van der Waals surface area contributed by atoms with Crippen molar-refractivity contribution in [3.63, 3.8) is 0 Å². The Morgan fingerprint density at radius 2 is 1.22 bits per heavy atom. The molecule has 4 nitrogen and oxygen atoms in total. The van der Waals surface area contributed by atoms with Gasteiger partial charge in [-0.3, -0.25) is 4.79 Å². The fourth-order valence-corrected chi connectivity index (χ4v) is 9.66. The molecule has 0 aromatic heterocycles. The van der Waals surface area contributed by atoms with Crippen molar-refractivity contribution in [3.05, 3.63) is 165 Å². The van der Waals surface area contributed by atoms with Crippen LogP contribution in [0.3, 0.4) is 0 Å². The first-order valence-corrected chi connectivity index (χ1v) is 18.9. The predicted molar refractivity (Wildman–Crippen MR) is 200 cm³/mol. The summed E-state index contributed by atoms with van der Waals surface area (Å²) < 4.78 is 11.4. The van der Waals surface area contributed by atoms with Crippen molar-refractivity contribution in [2.45, 2.75) is 61.2 Å². The molecule has 0 spiro atoms. The number of benzene rings is 5. The van der Waals surface area contributed by atoms with E-state index < -0.39 is 5.60 Å². The summed E-state index contributed by atoms with van der Waals surface area (Å²) in [4.78, 5) is 14.9. The van der Waals surface area contributed by atoms with E-state index >= 15 is 0 Å². The number of ketones is 1. The number of rotatable bonds is 4. The van der Waals surface area contributed by atoms with E-state index in [1.807, 2.05) is 42.1 Å². The van der Waals surface area contributed by atoms with Crippen LogP contribution in [-0.2, 0) is 15.1 Å². The van der Waals surface area contributed by atoms with Gasteiger partial charge in [-0.2, -0.15) is 0 Å². The number of ether oxygens (including phenoxy) is 2. The minimum Gasteiger partial charge on any atom is -0.380 e. The second kappa shape index (κ2) is 14.3. The third kappa shape index (κ3) is 6.90. The lowest BCUT2D eigenvalue weighted by molar-refractivity contribution is -0.0444. The Morgan fingerprint density at radius 1 is 0.633 bits per heavy atom. The highest BCUT2D eigenvalue weighted by molar-refractivity contribution is 7.99. The predicted octanol–water partition coefficient (Wildman–Crippen LogP) is 9.85. The van der Waals surface area contributed by atoms with Crippen molar-refractivity contribution in [1.82, 2.24) is 0 Å². The first-order chi connectivity index (χ1) is 23.7. The molecule has 1 N–H and O–H groups in total. The molecule has 8 rings (SSSR count). The zero-order valence-corrected chi connectivity index (χ0v) is 30.1. The lowest BCUT2D eigenvalue weighted by atomic mass is 9.73. The molecule has 3 aliphatic heterocycles. The van der Waals surface area contributed by atoms with Crippen LogP contribution in [0.5, 0.6) is 0 Å². The molecule has 0 radical (unpaired) electrons. The largest absolute Gasteiger partial charge is 0.380 e. The summed E-state index contributed by atoms with van der Waals surface area (Å²) in [6.07, 6.45) is -0.359. The lowest BCUT2D eigenvalue weighted by Gasteiger charge is -2.42. The van der Waals surface area contributed by atoms with Gasteiger partial charge in [0.1, 0.15) is 5.60 Å². The van der Waals surface area contributed by atoms with Gasteiger partial charge in [0.05, 0.1) is 19.1 Å².